The van der Waals surface area contributed by atoms with Gasteiger partial charge in [0.2, 0.25) is 0 Å². The molecule has 1 saturated heterocycles. The van der Waals surface area contributed by atoms with E-state index in [1.807, 2.05) is 12.1 Å². The van der Waals surface area contributed by atoms with E-state index in [1.165, 1.54) is 5.56 Å². The molecule has 80 valence electrons. The van der Waals surface area contributed by atoms with Crippen molar-refractivity contribution in [3.8, 4) is 0 Å². The first-order valence-electron chi connectivity index (χ1n) is 5.28. The molecule has 3 heteroatoms. The third-order valence-corrected chi connectivity index (χ3v) is 3.14. The summed E-state index contributed by atoms with van der Waals surface area (Å²) < 4.78 is 0. The number of nitrogens with one attached hydrogen (secondary N) is 1. The van der Waals surface area contributed by atoms with E-state index in [0.29, 0.717) is 11.5 Å². The number of piperidine rings is 1. The van der Waals surface area contributed by atoms with E-state index >= 15 is 0 Å². The van der Waals surface area contributed by atoms with Crippen LogP contribution < -0.4 is 5.32 Å². The fraction of sp³-hybridized carbons (Fsp3) is 0.417. The van der Waals surface area contributed by atoms with Gasteiger partial charge < -0.3 is 5.32 Å². The van der Waals surface area contributed by atoms with Crippen molar-refractivity contribution in [2.75, 3.05) is 13.1 Å². The molecule has 1 heterocycles. The lowest BCUT2D eigenvalue weighted by Crippen LogP contribution is -2.26. The van der Waals surface area contributed by atoms with Crippen LogP contribution in [0.4, 0.5) is 0 Å². The lowest BCUT2D eigenvalue weighted by molar-refractivity contribution is 0.108. The van der Waals surface area contributed by atoms with Crippen molar-refractivity contribution >= 4 is 16.8 Å². The van der Waals surface area contributed by atoms with Crippen LogP contribution in [0.15, 0.2) is 24.3 Å². The number of hydrogen-bond acceptors (Lipinski definition) is 2. The summed E-state index contributed by atoms with van der Waals surface area (Å²) in [5, 5.41) is 2.96. The van der Waals surface area contributed by atoms with Gasteiger partial charge >= 0.3 is 0 Å². The third-order valence-electron chi connectivity index (χ3n) is 2.92. The van der Waals surface area contributed by atoms with Gasteiger partial charge in [0.05, 0.1) is 0 Å². The summed E-state index contributed by atoms with van der Waals surface area (Å²) in [5.41, 5.74) is 1.84. The summed E-state index contributed by atoms with van der Waals surface area (Å²) in [7, 11) is 0. The zero-order valence-corrected chi connectivity index (χ0v) is 9.26. The molecule has 2 nitrogen and oxygen atoms in total. The lowest BCUT2D eigenvalue weighted by Gasteiger charge is -2.23. The monoisotopic (exact) mass is 223 g/mol. The number of carbonyl (C=O) groups is 1. The first kappa shape index (κ1) is 10.7. The summed E-state index contributed by atoms with van der Waals surface area (Å²) in [4.78, 5) is 11.0. The van der Waals surface area contributed by atoms with Gasteiger partial charge in [-0.1, -0.05) is 18.2 Å². The highest BCUT2D eigenvalue weighted by Crippen LogP contribution is 2.25. The smallest absolute Gasteiger partial charge is 0.252 e. The Kier molecular flexibility index (Phi) is 3.39. The number of rotatable bonds is 2. The molecule has 0 aliphatic carbocycles. The fourth-order valence-corrected chi connectivity index (χ4v) is 2.19. The van der Waals surface area contributed by atoms with E-state index in [2.05, 4.69) is 11.4 Å². The van der Waals surface area contributed by atoms with Crippen molar-refractivity contribution in [1.82, 2.24) is 5.32 Å². The quantitative estimate of drug-likeness (QED) is 0.781. The van der Waals surface area contributed by atoms with E-state index in [4.69, 9.17) is 11.6 Å². The minimum Gasteiger partial charge on any atom is -0.317 e. The molecule has 0 saturated carbocycles. The van der Waals surface area contributed by atoms with Crippen molar-refractivity contribution in [3.05, 3.63) is 35.4 Å². The van der Waals surface area contributed by atoms with Crippen LogP contribution in [0.3, 0.4) is 0 Å². The molecule has 0 radical (unpaired) electrons. The second kappa shape index (κ2) is 4.77. The lowest BCUT2D eigenvalue weighted by atomic mass is 9.89. The van der Waals surface area contributed by atoms with Crippen LogP contribution in [-0.4, -0.2) is 18.3 Å². The molecular formula is C12H14ClNO. The average molecular weight is 224 g/mol. The summed E-state index contributed by atoms with van der Waals surface area (Å²) in [6, 6.07) is 7.68. The van der Waals surface area contributed by atoms with Gasteiger partial charge in [0.1, 0.15) is 0 Å². The Morgan fingerprint density at radius 2 is 2.07 bits per heavy atom. The average Bonchev–Trinajstić information content (AvgIpc) is 2.30. The summed E-state index contributed by atoms with van der Waals surface area (Å²) in [5.74, 6) is 0.571. The molecule has 0 aromatic heterocycles. The minimum atomic E-state index is -0.370. The second-order valence-corrected chi connectivity index (χ2v) is 4.27. The summed E-state index contributed by atoms with van der Waals surface area (Å²) >= 11 is 5.46. The standard InChI is InChI=1S/C12H14ClNO/c13-12(15)11-3-1-2-10(8-11)9-4-6-14-7-5-9/h1-3,8-9,14H,4-7H2. The molecule has 15 heavy (non-hydrogen) atoms. The van der Waals surface area contributed by atoms with Gasteiger partial charge in [-0.2, -0.15) is 0 Å². The first-order chi connectivity index (χ1) is 7.27. The highest BCUT2D eigenvalue weighted by molar-refractivity contribution is 6.67. The zero-order valence-electron chi connectivity index (χ0n) is 8.50. The van der Waals surface area contributed by atoms with Gasteiger partial charge in [-0.05, 0) is 55.1 Å². The van der Waals surface area contributed by atoms with Gasteiger partial charge in [-0.3, -0.25) is 4.79 Å². The van der Waals surface area contributed by atoms with Crippen molar-refractivity contribution in [3.63, 3.8) is 0 Å². The van der Waals surface area contributed by atoms with Gasteiger partial charge in [0.25, 0.3) is 5.24 Å². The predicted octanol–water partition coefficient (Wildman–Crippen LogP) is 2.53. The van der Waals surface area contributed by atoms with E-state index in [9.17, 15) is 4.79 Å². The van der Waals surface area contributed by atoms with Crippen LogP contribution in [0.1, 0.15) is 34.7 Å². The molecule has 1 aromatic rings. The number of halogens is 1. The van der Waals surface area contributed by atoms with E-state index in [0.717, 1.165) is 25.9 Å². The molecule has 0 bridgehead atoms. The molecule has 0 unspecified atom stereocenters. The number of carbonyl (C=O) groups excluding carboxylic acids is 1. The van der Waals surface area contributed by atoms with Gasteiger partial charge in [-0.15, -0.1) is 0 Å². The van der Waals surface area contributed by atoms with E-state index < -0.39 is 0 Å². The molecule has 1 aliphatic rings. The fourth-order valence-electron chi connectivity index (χ4n) is 2.07. The highest BCUT2D eigenvalue weighted by Gasteiger charge is 2.15. The van der Waals surface area contributed by atoms with Crippen LogP contribution in [-0.2, 0) is 0 Å². The number of benzene rings is 1. The van der Waals surface area contributed by atoms with Crippen molar-refractivity contribution < 1.29 is 4.79 Å². The Bertz CT molecular complexity index is 358. The van der Waals surface area contributed by atoms with Crippen LogP contribution in [0.5, 0.6) is 0 Å². The van der Waals surface area contributed by atoms with Crippen LogP contribution in [0.25, 0.3) is 0 Å². The molecule has 0 atom stereocenters. The van der Waals surface area contributed by atoms with Gasteiger partial charge in [0.15, 0.2) is 0 Å². The van der Waals surface area contributed by atoms with Crippen LogP contribution in [0.2, 0.25) is 0 Å². The number of hydrogen-bond donors (Lipinski definition) is 1. The summed E-state index contributed by atoms with van der Waals surface area (Å²) in [6.45, 7) is 2.12. The van der Waals surface area contributed by atoms with Gasteiger partial charge in [0, 0.05) is 5.56 Å². The van der Waals surface area contributed by atoms with Crippen LogP contribution in [0, 0.1) is 0 Å². The first-order valence-corrected chi connectivity index (χ1v) is 5.65. The molecule has 0 spiro atoms. The zero-order chi connectivity index (χ0) is 10.7. The molecule has 1 fully saturated rings. The maximum absolute atomic E-state index is 11.0. The SMILES string of the molecule is O=C(Cl)c1cccc(C2CCNCC2)c1. The second-order valence-electron chi connectivity index (χ2n) is 3.92. The van der Waals surface area contributed by atoms with Crippen molar-refractivity contribution in [2.45, 2.75) is 18.8 Å². The van der Waals surface area contributed by atoms with E-state index in [1.54, 1.807) is 6.07 Å². The molecule has 1 aromatic carbocycles. The Morgan fingerprint density at radius 3 is 2.73 bits per heavy atom. The topological polar surface area (TPSA) is 29.1 Å². The van der Waals surface area contributed by atoms with Crippen molar-refractivity contribution in [1.29, 1.82) is 0 Å². The third kappa shape index (κ3) is 2.58. The molecule has 1 aliphatic heterocycles. The molecule has 1 N–H and O–H groups in total. The maximum Gasteiger partial charge on any atom is 0.252 e. The minimum absolute atomic E-state index is 0.370. The van der Waals surface area contributed by atoms with E-state index in [-0.39, 0.29) is 5.24 Å². The Morgan fingerprint density at radius 1 is 1.33 bits per heavy atom. The Balaban J connectivity index is 2.19. The summed E-state index contributed by atoms with van der Waals surface area (Å²) in [6.07, 6.45) is 2.28. The molecular weight excluding hydrogens is 210 g/mol. The predicted molar refractivity (Wildman–Crippen MR) is 61.5 cm³/mol. The molecule has 2 rings (SSSR count). The van der Waals surface area contributed by atoms with Crippen molar-refractivity contribution in [2.24, 2.45) is 0 Å². The Hall–Kier alpha value is -0.860. The van der Waals surface area contributed by atoms with Gasteiger partial charge in [-0.25, -0.2) is 0 Å². The maximum atomic E-state index is 11.0. The highest BCUT2D eigenvalue weighted by atomic mass is 35.5. The normalized spacial score (nSPS) is 17.7. The largest absolute Gasteiger partial charge is 0.317 e. The Labute approximate surface area is 94.6 Å². The van der Waals surface area contributed by atoms with Crippen LogP contribution >= 0.6 is 11.6 Å². The molecule has 0 amide bonds.